The van der Waals surface area contributed by atoms with Crippen LogP contribution in [0.1, 0.15) is 17.3 Å². The Kier molecular flexibility index (Phi) is 6.86. The van der Waals surface area contributed by atoms with Crippen molar-refractivity contribution in [1.82, 2.24) is 0 Å². The van der Waals surface area contributed by atoms with E-state index in [-0.39, 0.29) is 5.91 Å². The van der Waals surface area contributed by atoms with Gasteiger partial charge in [0.15, 0.2) is 0 Å². The maximum absolute atomic E-state index is 12.8. The van der Waals surface area contributed by atoms with E-state index in [1.54, 1.807) is 54.6 Å². The molecule has 2 N–H and O–H groups in total. The molecule has 0 bridgehead atoms. The van der Waals surface area contributed by atoms with E-state index >= 15 is 0 Å². The average Bonchev–Trinajstić information content (AvgIpc) is 2.71. The first kappa shape index (κ1) is 20.4. The Bertz CT molecular complexity index is 991. The Morgan fingerprint density at radius 3 is 2.28 bits per heavy atom. The van der Waals surface area contributed by atoms with Gasteiger partial charge in [0.2, 0.25) is 0 Å². The zero-order valence-corrected chi connectivity index (χ0v) is 17.2. The molecule has 0 radical (unpaired) electrons. The smallest absolute Gasteiger partial charge is 0.417 e. The minimum Gasteiger partial charge on any atom is -0.493 e. The predicted octanol–water partition coefficient (Wildman–Crippen LogP) is 5.71. The van der Waals surface area contributed by atoms with Gasteiger partial charge < -0.3 is 14.8 Å². The average molecular weight is 455 g/mol. The minimum atomic E-state index is -0.653. The molecule has 3 rings (SSSR count). The van der Waals surface area contributed by atoms with Gasteiger partial charge in [0.1, 0.15) is 11.5 Å². The highest BCUT2D eigenvalue weighted by atomic mass is 79.9. The van der Waals surface area contributed by atoms with Crippen molar-refractivity contribution < 1.29 is 19.1 Å². The molecule has 0 heterocycles. The Hall–Kier alpha value is -3.32. The number of ether oxygens (including phenoxy) is 2. The van der Waals surface area contributed by atoms with Crippen LogP contribution in [0.4, 0.5) is 16.2 Å². The van der Waals surface area contributed by atoms with Crippen LogP contribution in [0.15, 0.2) is 77.3 Å². The fraction of sp³-hybridized carbons (Fsp3) is 0.0909. The van der Waals surface area contributed by atoms with Crippen molar-refractivity contribution in [2.24, 2.45) is 0 Å². The molecule has 3 aromatic carbocycles. The first-order valence-corrected chi connectivity index (χ1v) is 9.72. The number of halogens is 1. The van der Waals surface area contributed by atoms with Crippen molar-refractivity contribution in [2.75, 3.05) is 17.2 Å². The molecule has 0 unspecified atom stereocenters. The SMILES string of the molecule is CCOc1ccc(NC(=O)Oc2ccccc2)cc1C(=O)Nc1ccc(Br)cc1. The quantitative estimate of drug-likeness (QED) is 0.499. The van der Waals surface area contributed by atoms with Crippen molar-refractivity contribution in [2.45, 2.75) is 6.92 Å². The minimum absolute atomic E-state index is 0.298. The molecule has 0 aliphatic rings. The zero-order chi connectivity index (χ0) is 20.6. The predicted molar refractivity (Wildman–Crippen MR) is 116 cm³/mol. The van der Waals surface area contributed by atoms with E-state index in [0.29, 0.717) is 35.0 Å². The van der Waals surface area contributed by atoms with Crippen LogP contribution in [0.3, 0.4) is 0 Å². The van der Waals surface area contributed by atoms with Crippen LogP contribution in [0.25, 0.3) is 0 Å². The molecule has 0 saturated carbocycles. The highest BCUT2D eigenvalue weighted by molar-refractivity contribution is 9.10. The van der Waals surface area contributed by atoms with E-state index in [1.165, 1.54) is 0 Å². The number of para-hydroxylation sites is 1. The highest BCUT2D eigenvalue weighted by Gasteiger charge is 2.15. The Labute approximate surface area is 177 Å². The lowest BCUT2D eigenvalue weighted by Gasteiger charge is -2.13. The Balaban J connectivity index is 1.76. The summed E-state index contributed by atoms with van der Waals surface area (Å²) in [5, 5.41) is 5.44. The molecule has 148 valence electrons. The summed E-state index contributed by atoms with van der Waals surface area (Å²) >= 11 is 3.36. The molecule has 6 nitrogen and oxygen atoms in total. The second-order valence-corrected chi connectivity index (χ2v) is 6.85. The van der Waals surface area contributed by atoms with Gasteiger partial charge in [-0.25, -0.2) is 4.79 Å². The second kappa shape index (κ2) is 9.75. The van der Waals surface area contributed by atoms with Crippen molar-refractivity contribution in [3.8, 4) is 11.5 Å². The van der Waals surface area contributed by atoms with Crippen LogP contribution >= 0.6 is 15.9 Å². The van der Waals surface area contributed by atoms with E-state index < -0.39 is 6.09 Å². The molecule has 0 aromatic heterocycles. The number of anilines is 2. The van der Waals surface area contributed by atoms with Gasteiger partial charge in [0, 0.05) is 15.8 Å². The van der Waals surface area contributed by atoms with Crippen LogP contribution in [0.5, 0.6) is 11.5 Å². The molecule has 2 amide bonds. The topological polar surface area (TPSA) is 76.7 Å². The van der Waals surface area contributed by atoms with Gasteiger partial charge >= 0.3 is 6.09 Å². The summed E-state index contributed by atoms with van der Waals surface area (Å²) in [7, 11) is 0. The van der Waals surface area contributed by atoms with Crippen molar-refractivity contribution >= 4 is 39.3 Å². The normalized spacial score (nSPS) is 10.1. The third-order valence-electron chi connectivity index (χ3n) is 3.83. The summed E-state index contributed by atoms with van der Waals surface area (Å²) in [6, 6.07) is 20.8. The highest BCUT2D eigenvalue weighted by Crippen LogP contribution is 2.25. The number of nitrogens with one attached hydrogen (secondary N) is 2. The van der Waals surface area contributed by atoms with Gasteiger partial charge in [-0.05, 0) is 61.5 Å². The fourth-order valence-electron chi connectivity index (χ4n) is 2.54. The van der Waals surface area contributed by atoms with E-state index in [1.807, 2.05) is 25.1 Å². The number of amides is 2. The van der Waals surface area contributed by atoms with E-state index in [9.17, 15) is 9.59 Å². The first-order chi connectivity index (χ1) is 14.0. The molecule has 0 fully saturated rings. The number of hydrogen-bond donors (Lipinski definition) is 2. The van der Waals surface area contributed by atoms with E-state index in [0.717, 1.165) is 4.47 Å². The van der Waals surface area contributed by atoms with Gasteiger partial charge in [-0.2, -0.15) is 0 Å². The van der Waals surface area contributed by atoms with Crippen LogP contribution in [0, 0.1) is 0 Å². The summed E-state index contributed by atoms with van der Waals surface area (Å²) in [4.78, 5) is 24.9. The molecule has 7 heteroatoms. The summed E-state index contributed by atoms with van der Waals surface area (Å²) < 4.78 is 11.7. The number of carbonyl (C=O) groups excluding carboxylic acids is 2. The first-order valence-electron chi connectivity index (χ1n) is 8.93. The van der Waals surface area contributed by atoms with Gasteiger partial charge in [-0.15, -0.1) is 0 Å². The van der Waals surface area contributed by atoms with Gasteiger partial charge in [-0.3, -0.25) is 10.1 Å². The van der Waals surface area contributed by atoms with E-state index in [4.69, 9.17) is 9.47 Å². The molecule has 0 aliphatic heterocycles. The van der Waals surface area contributed by atoms with Crippen molar-refractivity contribution in [1.29, 1.82) is 0 Å². The molecule has 0 atom stereocenters. The molecule has 3 aromatic rings. The fourth-order valence-corrected chi connectivity index (χ4v) is 2.80. The van der Waals surface area contributed by atoms with Crippen LogP contribution in [-0.2, 0) is 0 Å². The lowest BCUT2D eigenvalue weighted by molar-refractivity contribution is 0.102. The van der Waals surface area contributed by atoms with Crippen LogP contribution in [0.2, 0.25) is 0 Å². The summed E-state index contributed by atoms with van der Waals surface area (Å²) in [5.74, 6) is 0.490. The monoisotopic (exact) mass is 454 g/mol. The standard InChI is InChI=1S/C22H19BrN2O4/c1-2-28-20-13-12-17(25-22(27)29-18-6-4-3-5-7-18)14-19(20)21(26)24-16-10-8-15(23)9-11-16/h3-14H,2H2,1H3,(H,24,26)(H,25,27). The maximum atomic E-state index is 12.8. The molecule has 0 saturated heterocycles. The Morgan fingerprint density at radius 2 is 1.59 bits per heavy atom. The summed E-state index contributed by atoms with van der Waals surface area (Å²) in [6.45, 7) is 2.24. The van der Waals surface area contributed by atoms with Gasteiger partial charge in [-0.1, -0.05) is 34.1 Å². The van der Waals surface area contributed by atoms with Gasteiger partial charge in [0.05, 0.1) is 12.2 Å². The number of hydrogen-bond acceptors (Lipinski definition) is 4. The second-order valence-electron chi connectivity index (χ2n) is 5.93. The molecule has 0 spiro atoms. The number of carbonyl (C=O) groups is 2. The lowest BCUT2D eigenvalue weighted by atomic mass is 10.1. The van der Waals surface area contributed by atoms with E-state index in [2.05, 4.69) is 26.6 Å². The Morgan fingerprint density at radius 1 is 0.897 bits per heavy atom. The zero-order valence-electron chi connectivity index (χ0n) is 15.6. The largest absolute Gasteiger partial charge is 0.493 e. The summed E-state index contributed by atoms with van der Waals surface area (Å²) in [6.07, 6.45) is -0.653. The molecular weight excluding hydrogens is 436 g/mol. The summed E-state index contributed by atoms with van der Waals surface area (Å²) in [5.41, 5.74) is 1.35. The molecular formula is C22H19BrN2O4. The van der Waals surface area contributed by atoms with Crippen LogP contribution in [-0.4, -0.2) is 18.6 Å². The van der Waals surface area contributed by atoms with Gasteiger partial charge in [0.25, 0.3) is 5.91 Å². The maximum Gasteiger partial charge on any atom is 0.417 e. The number of rotatable bonds is 6. The third kappa shape index (κ3) is 5.83. The van der Waals surface area contributed by atoms with Crippen LogP contribution < -0.4 is 20.1 Å². The number of benzene rings is 3. The van der Waals surface area contributed by atoms with Crippen molar-refractivity contribution in [3.05, 3.63) is 82.8 Å². The molecule has 29 heavy (non-hydrogen) atoms. The van der Waals surface area contributed by atoms with Crippen molar-refractivity contribution in [3.63, 3.8) is 0 Å². The lowest BCUT2D eigenvalue weighted by Crippen LogP contribution is -2.18. The third-order valence-corrected chi connectivity index (χ3v) is 4.35. The molecule has 0 aliphatic carbocycles.